The molecule has 30 heavy (non-hydrogen) atoms. The Hall–Kier alpha value is -0.440. The summed E-state index contributed by atoms with van der Waals surface area (Å²) in [4.78, 5) is 0. The van der Waals surface area contributed by atoms with Gasteiger partial charge in [-0.3, -0.25) is 0 Å². The lowest BCUT2D eigenvalue weighted by molar-refractivity contribution is 0.430. The third-order valence-electron chi connectivity index (χ3n) is 6.45. The average Bonchev–Trinajstić information content (AvgIpc) is 2.75. The fourth-order valence-electron chi connectivity index (χ4n) is 4.35. The van der Waals surface area contributed by atoms with Crippen LogP contribution in [0, 0.1) is 31.6 Å². The maximum Gasteiger partial charge on any atom is 0.00890 e. The molecule has 0 aromatic carbocycles. The van der Waals surface area contributed by atoms with Crippen molar-refractivity contribution in [1.82, 2.24) is 0 Å². The van der Waals surface area contributed by atoms with E-state index in [0.717, 1.165) is 25.2 Å². The molecular formula is C30H56. The first kappa shape index (κ1) is 29.6. The molecule has 0 fully saturated rings. The largest absolute Gasteiger partial charge is 0.103 e. The van der Waals surface area contributed by atoms with Crippen molar-refractivity contribution in [1.29, 1.82) is 0 Å². The van der Waals surface area contributed by atoms with Crippen LogP contribution < -0.4 is 0 Å². The van der Waals surface area contributed by atoms with Gasteiger partial charge in [-0.25, -0.2) is 0 Å². The lowest BCUT2D eigenvalue weighted by Gasteiger charge is -2.11. The predicted octanol–water partition coefficient (Wildman–Crippen LogP) is 10.7. The molecule has 0 aliphatic carbocycles. The van der Waals surface area contributed by atoms with Crippen LogP contribution in [0.2, 0.25) is 0 Å². The summed E-state index contributed by atoms with van der Waals surface area (Å²) >= 11 is 0. The summed E-state index contributed by atoms with van der Waals surface area (Å²) in [6.45, 7) is 10.1. The number of hydrogen-bond donors (Lipinski definition) is 0. The molecule has 0 saturated heterocycles. The first-order valence-corrected chi connectivity index (χ1v) is 13.9. The molecule has 0 N–H and O–H groups in total. The zero-order valence-corrected chi connectivity index (χ0v) is 21.0. The summed E-state index contributed by atoms with van der Waals surface area (Å²) in [6.07, 6.45) is 33.0. The van der Waals surface area contributed by atoms with Gasteiger partial charge >= 0.3 is 0 Å². The minimum absolute atomic E-state index is 0.760. The molecule has 176 valence electrons. The zero-order chi connectivity index (χ0) is 22.0. The van der Waals surface area contributed by atoms with Crippen molar-refractivity contribution in [2.75, 3.05) is 0 Å². The Morgan fingerprint density at radius 3 is 1.23 bits per heavy atom. The molecule has 0 bridgehead atoms. The van der Waals surface area contributed by atoms with Crippen LogP contribution in [0.25, 0.3) is 0 Å². The van der Waals surface area contributed by atoms with E-state index >= 15 is 0 Å². The van der Waals surface area contributed by atoms with Crippen molar-refractivity contribution in [2.45, 2.75) is 161 Å². The Bertz CT molecular complexity index is 358. The van der Waals surface area contributed by atoms with Crippen molar-refractivity contribution in [3.05, 3.63) is 13.8 Å². The summed E-state index contributed by atoms with van der Waals surface area (Å²) in [6, 6.07) is 0. The lowest BCUT2D eigenvalue weighted by Crippen LogP contribution is -1.95. The molecule has 0 spiro atoms. The quantitative estimate of drug-likeness (QED) is 0.115. The van der Waals surface area contributed by atoms with E-state index in [9.17, 15) is 0 Å². The molecule has 0 heterocycles. The molecule has 0 heteroatoms. The highest BCUT2D eigenvalue weighted by Crippen LogP contribution is 2.19. The van der Waals surface area contributed by atoms with E-state index < -0.39 is 0 Å². The van der Waals surface area contributed by atoms with Crippen molar-refractivity contribution < 1.29 is 0 Å². The van der Waals surface area contributed by atoms with Crippen LogP contribution in [0.3, 0.4) is 0 Å². The second-order valence-electron chi connectivity index (χ2n) is 9.61. The standard InChI is InChI=1S/C30H56/c1-4-6-8-10-12-14-16-17-19-21-23-25-27-29-30(3)28-26-24-22-20-18-15-13-11-9-7-5-2/h30H,1-2,4-6,8,10-29H2,3H3. The highest BCUT2D eigenvalue weighted by atomic mass is 14.1. The minimum atomic E-state index is 0.760. The van der Waals surface area contributed by atoms with Crippen LogP contribution in [0.1, 0.15) is 161 Å². The van der Waals surface area contributed by atoms with Crippen LogP contribution in [-0.4, -0.2) is 0 Å². The van der Waals surface area contributed by atoms with E-state index in [1.165, 1.54) is 135 Å². The molecule has 0 aliphatic heterocycles. The van der Waals surface area contributed by atoms with Gasteiger partial charge in [0, 0.05) is 12.8 Å². The Labute approximate surface area is 192 Å². The summed E-state index contributed by atoms with van der Waals surface area (Å²) in [5.41, 5.74) is 0. The van der Waals surface area contributed by atoms with Gasteiger partial charge in [0.15, 0.2) is 0 Å². The minimum Gasteiger partial charge on any atom is -0.103 e. The zero-order valence-electron chi connectivity index (χ0n) is 21.0. The van der Waals surface area contributed by atoms with Gasteiger partial charge in [-0.1, -0.05) is 149 Å². The molecule has 0 aromatic heterocycles. The maximum atomic E-state index is 3.92. The normalized spacial score (nSPS) is 12.0. The second-order valence-corrected chi connectivity index (χ2v) is 9.61. The highest BCUT2D eigenvalue weighted by Gasteiger charge is 2.02. The van der Waals surface area contributed by atoms with Crippen LogP contribution in [-0.2, 0) is 0 Å². The van der Waals surface area contributed by atoms with Gasteiger partial charge in [0.05, 0.1) is 0 Å². The molecular weight excluding hydrogens is 360 g/mol. The van der Waals surface area contributed by atoms with E-state index in [4.69, 9.17) is 0 Å². The molecule has 0 rings (SSSR count). The fraction of sp³-hybridized carbons (Fsp3) is 0.867. The van der Waals surface area contributed by atoms with E-state index in [-0.39, 0.29) is 0 Å². The first-order chi connectivity index (χ1) is 14.8. The van der Waals surface area contributed by atoms with Gasteiger partial charge in [0.1, 0.15) is 0 Å². The molecule has 0 saturated carbocycles. The van der Waals surface area contributed by atoms with Crippen LogP contribution in [0.4, 0.5) is 0 Å². The van der Waals surface area contributed by atoms with Gasteiger partial charge < -0.3 is 0 Å². The maximum absolute atomic E-state index is 3.92. The van der Waals surface area contributed by atoms with Gasteiger partial charge in [-0.05, 0) is 19.3 Å². The fourth-order valence-corrected chi connectivity index (χ4v) is 4.35. The number of unbranched alkanes of at least 4 members (excludes halogenated alkanes) is 19. The van der Waals surface area contributed by atoms with Gasteiger partial charge in [0.25, 0.3) is 0 Å². The van der Waals surface area contributed by atoms with E-state index in [1.54, 1.807) is 0 Å². The Balaban J connectivity index is 3.16. The third-order valence-corrected chi connectivity index (χ3v) is 6.45. The van der Waals surface area contributed by atoms with E-state index in [1.807, 2.05) is 0 Å². The predicted molar refractivity (Wildman–Crippen MR) is 138 cm³/mol. The molecule has 2 radical (unpaired) electrons. The molecule has 0 nitrogen and oxygen atoms in total. The average molecular weight is 417 g/mol. The second kappa shape index (κ2) is 26.6. The molecule has 1 unspecified atom stereocenters. The van der Waals surface area contributed by atoms with Crippen molar-refractivity contribution in [2.24, 2.45) is 5.92 Å². The number of hydrogen-bond acceptors (Lipinski definition) is 0. The van der Waals surface area contributed by atoms with Crippen LogP contribution in [0.5, 0.6) is 0 Å². The van der Waals surface area contributed by atoms with Gasteiger partial charge in [-0.2, -0.15) is 0 Å². The monoisotopic (exact) mass is 416 g/mol. The smallest absolute Gasteiger partial charge is 0.00890 e. The highest BCUT2D eigenvalue weighted by molar-refractivity contribution is 4.98. The van der Waals surface area contributed by atoms with Gasteiger partial charge in [0.2, 0.25) is 0 Å². The summed E-state index contributed by atoms with van der Waals surface area (Å²) in [7, 11) is 0. The number of rotatable bonds is 23. The summed E-state index contributed by atoms with van der Waals surface area (Å²) in [5.74, 6) is 7.19. The molecule has 1 atom stereocenters. The SMILES string of the molecule is [CH2]CC#CCCCCCCCCCC(C)CCCCCCCCCCCCCC[CH2]. The Morgan fingerprint density at radius 2 is 0.833 bits per heavy atom. The third kappa shape index (κ3) is 25.6. The van der Waals surface area contributed by atoms with Crippen molar-refractivity contribution in [3.8, 4) is 11.8 Å². The molecule has 0 aliphatic rings. The van der Waals surface area contributed by atoms with Gasteiger partial charge in [-0.15, -0.1) is 11.8 Å². The first-order valence-electron chi connectivity index (χ1n) is 13.9. The van der Waals surface area contributed by atoms with E-state index in [2.05, 4.69) is 32.6 Å². The summed E-state index contributed by atoms with van der Waals surface area (Å²) in [5, 5.41) is 0. The topological polar surface area (TPSA) is 0 Å². The van der Waals surface area contributed by atoms with Crippen LogP contribution >= 0.6 is 0 Å². The summed E-state index contributed by atoms with van der Waals surface area (Å²) < 4.78 is 0. The molecule has 0 amide bonds. The van der Waals surface area contributed by atoms with Crippen molar-refractivity contribution in [3.63, 3.8) is 0 Å². The van der Waals surface area contributed by atoms with Crippen molar-refractivity contribution >= 4 is 0 Å². The van der Waals surface area contributed by atoms with E-state index in [0.29, 0.717) is 0 Å². The Morgan fingerprint density at radius 1 is 0.467 bits per heavy atom. The molecule has 0 aromatic rings. The Kier molecular flexibility index (Phi) is 26.2. The lowest BCUT2D eigenvalue weighted by atomic mass is 9.95. The van der Waals surface area contributed by atoms with Crippen LogP contribution in [0.15, 0.2) is 0 Å².